The Labute approximate surface area is 287 Å². The first-order valence-electron chi connectivity index (χ1n) is 16.9. The lowest BCUT2D eigenvalue weighted by molar-refractivity contribution is 0.696. The topological polar surface area (TPSA) is 38.7 Å². The predicted molar refractivity (Wildman–Crippen MR) is 200 cm³/mol. The zero-order valence-electron chi connectivity index (χ0n) is 27.0. The smallest absolute Gasteiger partial charge is 0.164 e. The van der Waals surface area contributed by atoms with Crippen LogP contribution in [0.4, 0.5) is 0 Å². The Bertz CT molecular complexity index is 2360. The van der Waals surface area contributed by atoms with Gasteiger partial charge in [0.25, 0.3) is 0 Å². The molecule has 1 aromatic heterocycles. The first-order valence-corrected chi connectivity index (χ1v) is 16.9. The molecule has 2 aliphatic rings. The van der Waals surface area contributed by atoms with E-state index in [-0.39, 0.29) is 0 Å². The third-order valence-electron chi connectivity index (χ3n) is 9.92. The summed E-state index contributed by atoms with van der Waals surface area (Å²) in [6, 6.07) is 57.9. The SMILES string of the molecule is C1=CC2=C(CC1)C(c1ccccc1)(c1cccc(-c3nc(-c4ccccc4)nc(-c4ccc(-c5ccccc5)cc4)n3)c1)c1ccccc12. The molecule has 3 nitrogen and oxygen atoms in total. The fourth-order valence-electron chi connectivity index (χ4n) is 7.71. The van der Waals surface area contributed by atoms with E-state index in [0.717, 1.165) is 35.1 Å². The van der Waals surface area contributed by atoms with E-state index in [4.69, 9.17) is 15.0 Å². The summed E-state index contributed by atoms with van der Waals surface area (Å²) in [4.78, 5) is 15.3. The summed E-state index contributed by atoms with van der Waals surface area (Å²) in [5.74, 6) is 1.97. The minimum atomic E-state index is -0.417. The van der Waals surface area contributed by atoms with Gasteiger partial charge in [-0.15, -0.1) is 0 Å². The quantitative estimate of drug-likeness (QED) is 0.184. The van der Waals surface area contributed by atoms with E-state index in [1.54, 1.807) is 0 Å². The van der Waals surface area contributed by atoms with Gasteiger partial charge in [-0.3, -0.25) is 0 Å². The summed E-state index contributed by atoms with van der Waals surface area (Å²) in [5.41, 5.74) is 12.7. The Hall–Kier alpha value is -6.19. The van der Waals surface area contributed by atoms with Crippen molar-refractivity contribution in [3.63, 3.8) is 0 Å². The third kappa shape index (κ3) is 4.94. The molecule has 0 aliphatic heterocycles. The van der Waals surface area contributed by atoms with E-state index in [9.17, 15) is 0 Å². The fourth-order valence-corrected chi connectivity index (χ4v) is 7.71. The molecule has 2 aliphatic carbocycles. The molecule has 0 saturated carbocycles. The van der Waals surface area contributed by atoms with Gasteiger partial charge in [0, 0.05) is 16.7 Å². The molecule has 6 aromatic carbocycles. The molecule has 232 valence electrons. The lowest BCUT2D eigenvalue weighted by Crippen LogP contribution is -2.30. The summed E-state index contributed by atoms with van der Waals surface area (Å²) < 4.78 is 0. The highest BCUT2D eigenvalue weighted by molar-refractivity contribution is 5.91. The highest BCUT2D eigenvalue weighted by atomic mass is 15.0. The van der Waals surface area contributed by atoms with Gasteiger partial charge in [0.2, 0.25) is 0 Å². The van der Waals surface area contributed by atoms with Crippen LogP contribution in [0.15, 0.2) is 182 Å². The molecule has 0 saturated heterocycles. The van der Waals surface area contributed by atoms with Crippen LogP contribution in [0.2, 0.25) is 0 Å². The van der Waals surface area contributed by atoms with Crippen LogP contribution in [0.1, 0.15) is 35.1 Å². The molecule has 9 rings (SSSR count). The van der Waals surface area contributed by atoms with Crippen molar-refractivity contribution in [3.05, 3.63) is 204 Å². The largest absolute Gasteiger partial charge is 0.208 e. The summed E-state index contributed by atoms with van der Waals surface area (Å²) in [6.45, 7) is 0. The van der Waals surface area contributed by atoms with Gasteiger partial charge in [-0.2, -0.15) is 0 Å². The Morgan fingerprint density at radius 3 is 1.65 bits per heavy atom. The molecule has 0 N–H and O–H groups in total. The Morgan fingerprint density at radius 1 is 0.429 bits per heavy atom. The molecule has 0 spiro atoms. The summed E-state index contributed by atoms with van der Waals surface area (Å²) >= 11 is 0. The zero-order chi connectivity index (χ0) is 32.6. The van der Waals surface area contributed by atoms with Crippen LogP contribution in [0.5, 0.6) is 0 Å². The van der Waals surface area contributed by atoms with Crippen molar-refractivity contribution < 1.29 is 0 Å². The molecule has 1 atom stereocenters. The standard InChI is InChI=1S/C46H33N3/c1-4-15-32(16-5-1)33-27-29-35(30-28-33)44-47-43(34-17-6-2-7-18-34)48-45(49-44)36-19-14-22-38(31-36)46(37-20-8-3-9-21-37)41-25-12-10-23-39(41)40-24-11-13-26-42(40)46/h1-12,14-25,27-31H,13,26H2. The molecule has 0 bridgehead atoms. The van der Waals surface area contributed by atoms with Crippen molar-refractivity contribution in [1.29, 1.82) is 0 Å². The monoisotopic (exact) mass is 627 g/mol. The molecule has 0 fully saturated rings. The maximum Gasteiger partial charge on any atom is 0.164 e. The van der Waals surface area contributed by atoms with E-state index in [0.29, 0.717) is 17.5 Å². The number of hydrogen-bond acceptors (Lipinski definition) is 3. The van der Waals surface area contributed by atoms with Gasteiger partial charge in [0.1, 0.15) is 0 Å². The Morgan fingerprint density at radius 2 is 0.939 bits per heavy atom. The normalized spacial score (nSPS) is 16.3. The second-order valence-corrected chi connectivity index (χ2v) is 12.7. The predicted octanol–water partition coefficient (Wildman–Crippen LogP) is 11.0. The minimum Gasteiger partial charge on any atom is -0.208 e. The number of fused-ring (bicyclic) bond motifs is 2. The van der Waals surface area contributed by atoms with Gasteiger partial charge in [0.15, 0.2) is 17.5 Å². The fraction of sp³-hybridized carbons (Fsp3) is 0.0652. The number of aromatic nitrogens is 3. The van der Waals surface area contributed by atoms with Crippen LogP contribution < -0.4 is 0 Å². The molecule has 1 heterocycles. The van der Waals surface area contributed by atoms with Crippen LogP contribution in [-0.4, -0.2) is 15.0 Å². The van der Waals surface area contributed by atoms with E-state index in [1.165, 1.54) is 39.0 Å². The van der Waals surface area contributed by atoms with Crippen molar-refractivity contribution in [2.75, 3.05) is 0 Å². The van der Waals surface area contributed by atoms with Gasteiger partial charge in [-0.25, -0.2) is 15.0 Å². The second kappa shape index (κ2) is 12.1. The van der Waals surface area contributed by atoms with Crippen molar-refractivity contribution in [2.24, 2.45) is 0 Å². The number of rotatable bonds is 6. The van der Waals surface area contributed by atoms with Gasteiger partial charge in [-0.05, 0) is 63.4 Å². The molecule has 0 radical (unpaired) electrons. The van der Waals surface area contributed by atoms with Gasteiger partial charge in [0.05, 0.1) is 5.41 Å². The molecule has 1 unspecified atom stereocenters. The van der Waals surface area contributed by atoms with Gasteiger partial charge < -0.3 is 0 Å². The van der Waals surface area contributed by atoms with E-state index in [1.807, 2.05) is 24.3 Å². The Kier molecular flexibility index (Phi) is 7.17. The first kappa shape index (κ1) is 29.0. The molecule has 3 heteroatoms. The van der Waals surface area contributed by atoms with E-state index < -0.39 is 5.41 Å². The van der Waals surface area contributed by atoms with Crippen LogP contribution in [0.25, 0.3) is 50.9 Å². The zero-order valence-corrected chi connectivity index (χ0v) is 27.0. The first-order chi connectivity index (χ1) is 24.3. The summed E-state index contributed by atoms with van der Waals surface area (Å²) in [7, 11) is 0. The molecule has 49 heavy (non-hydrogen) atoms. The van der Waals surface area contributed by atoms with Crippen LogP contribution in [0, 0.1) is 0 Å². The second-order valence-electron chi connectivity index (χ2n) is 12.7. The van der Waals surface area contributed by atoms with Gasteiger partial charge >= 0.3 is 0 Å². The summed E-state index contributed by atoms with van der Waals surface area (Å²) in [5, 5.41) is 0. The van der Waals surface area contributed by atoms with Gasteiger partial charge in [-0.1, -0.05) is 170 Å². The summed E-state index contributed by atoms with van der Waals surface area (Å²) in [6.07, 6.45) is 6.69. The highest BCUT2D eigenvalue weighted by Crippen LogP contribution is 2.57. The van der Waals surface area contributed by atoms with Crippen molar-refractivity contribution in [2.45, 2.75) is 18.3 Å². The van der Waals surface area contributed by atoms with Crippen molar-refractivity contribution >= 4 is 5.57 Å². The number of nitrogens with zero attached hydrogens (tertiary/aromatic N) is 3. The van der Waals surface area contributed by atoms with Crippen molar-refractivity contribution in [1.82, 2.24) is 15.0 Å². The van der Waals surface area contributed by atoms with E-state index >= 15 is 0 Å². The number of benzene rings is 6. The highest BCUT2D eigenvalue weighted by Gasteiger charge is 2.47. The molecule has 0 amide bonds. The van der Waals surface area contributed by atoms with E-state index in [2.05, 4.69) is 152 Å². The average Bonchev–Trinajstić information content (AvgIpc) is 3.50. The molecular weight excluding hydrogens is 595 g/mol. The molecule has 7 aromatic rings. The maximum atomic E-state index is 5.15. The minimum absolute atomic E-state index is 0.417. The third-order valence-corrected chi connectivity index (χ3v) is 9.92. The number of allylic oxidation sites excluding steroid dienone is 4. The van der Waals surface area contributed by atoms with Crippen molar-refractivity contribution in [3.8, 4) is 45.3 Å². The Balaban J connectivity index is 1.23. The van der Waals surface area contributed by atoms with Crippen LogP contribution in [-0.2, 0) is 5.41 Å². The van der Waals surface area contributed by atoms with Crippen LogP contribution in [0.3, 0.4) is 0 Å². The average molecular weight is 628 g/mol. The van der Waals surface area contributed by atoms with Crippen LogP contribution >= 0.6 is 0 Å². The molecular formula is C46H33N3. The lowest BCUT2D eigenvalue weighted by Gasteiger charge is -2.36. The lowest BCUT2D eigenvalue weighted by atomic mass is 9.65. The number of hydrogen-bond donors (Lipinski definition) is 0. The maximum absolute atomic E-state index is 5.15.